The number of carbonyl (C=O) groups is 2. The van der Waals surface area contributed by atoms with Gasteiger partial charge in [-0.3, -0.25) is 9.59 Å². The molecule has 0 bridgehead atoms. The van der Waals surface area contributed by atoms with Crippen LogP contribution in [-0.2, 0) is 14.3 Å². The maximum Gasteiger partial charge on any atom is 0.306 e. The Hall–Kier alpha value is -2.18. The minimum Gasteiger partial charge on any atom is -0.462 e. The molecule has 3 atom stereocenters. The highest BCUT2D eigenvalue weighted by molar-refractivity contribution is 5.77. The quantitative estimate of drug-likeness (QED) is 0.0322. The molecule has 6 heteroatoms. The van der Waals surface area contributed by atoms with Crippen LogP contribution in [0.3, 0.4) is 0 Å². The van der Waals surface area contributed by atoms with Crippen LogP contribution in [0.5, 0.6) is 0 Å². The number of hydrogen-bond acceptors (Lipinski definition) is 5. The van der Waals surface area contributed by atoms with Gasteiger partial charge in [-0.25, -0.2) is 0 Å². The van der Waals surface area contributed by atoms with Gasteiger partial charge in [0, 0.05) is 6.42 Å². The van der Waals surface area contributed by atoms with Crippen LogP contribution in [0.4, 0.5) is 0 Å². The summed E-state index contributed by atoms with van der Waals surface area (Å²) in [5.41, 5.74) is 0. The molecule has 0 aromatic heterocycles. The minimum absolute atomic E-state index is 0.0423. The topological polar surface area (TPSA) is 95.9 Å². The first-order valence-electron chi connectivity index (χ1n) is 25.9. The van der Waals surface area contributed by atoms with Crippen molar-refractivity contribution in [3.8, 4) is 0 Å². The van der Waals surface area contributed by atoms with E-state index in [0.29, 0.717) is 19.3 Å². The summed E-state index contributed by atoms with van der Waals surface area (Å²) < 4.78 is 5.91. The fourth-order valence-electron chi connectivity index (χ4n) is 7.78. The maximum atomic E-state index is 13.2. The smallest absolute Gasteiger partial charge is 0.306 e. The highest BCUT2D eigenvalue weighted by atomic mass is 16.5. The van der Waals surface area contributed by atoms with Crippen molar-refractivity contribution in [3.05, 3.63) is 48.6 Å². The summed E-state index contributed by atoms with van der Waals surface area (Å²) in [6, 6.07) is -0.716. The van der Waals surface area contributed by atoms with Crippen LogP contribution >= 0.6 is 0 Å². The number of ether oxygens (including phenoxy) is 1. The summed E-state index contributed by atoms with van der Waals surface area (Å²) in [6.07, 6.45) is 57.5. The fraction of sp³-hybridized carbons (Fsp3) is 0.815. The van der Waals surface area contributed by atoms with Crippen molar-refractivity contribution in [1.82, 2.24) is 5.32 Å². The standard InChI is InChI=1S/C54H99NO5/c1-4-7-10-13-16-19-22-25-27-29-32-35-38-41-44-47-54(59)60-50(45-42-39-36-33-30-28-26-23-20-17-14-11-8-5-2)48-53(58)55-51(49-56)52(57)46-43-40-37-34-31-24-21-18-15-12-9-6-3/h8,11,17,20,26,28,33,36,50-52,56-57H,4-7,9-10,12-16,18-19,21-25,27,29-32,34-35,37-49H2,1-3H3,(H,55,58)/b11-8+,20-17+,28-26+,36-33+. The van der Waals surface area contributed by atoms with E-state index in [1.54, 1.807) is 0 Å². The van der Waals surface area contributed by atoms with Crippen LogP contribution in [0.25, 0.3) is 0 Å². The molecule has 6 nitrogen and oxygen atoms in total. The second kappa shape index (κ2) is 47.9. The number of nitrogens with one attached hydrogen (secondary N) is 1. The van der Waals surface area contributed by atoms with Gasteiger partial charge in [0.25, 0.3) is 0 Å². The number of carbonyl (C=O) groups excluding carboxylic acids is 2. The monoisotopic (exact) mass is 842 g/mol. The third-order valence-corrected chi connectivity index (χ3v) is 11.7. The van der Waals surface area contributed by atoms with Gasteiger partial charge < -0.3 is 20.3 Å². The van der Waals surface area contributed by atoms with Gasteiger partial charge in [-0.2, -0.15) is 0 Å². The van der Waals surface area contributed by atoms with Crippen molar-refractivity contribution >= 4 is 11.9 Å². The third kappa shape index (κ3) is 42.5. The molecular weight excluding hydrogens is 743 g/mol. The lowest BCUT2D eigenvalue weighted by Crippen LogP contribution is -2.46. The molecule has 0 radical (unpaired) electrons. The number of hydrogen-bond donors (Lipinski definition) is 3. The number of rotatable bonds is 46. The lowest BCUT2D eigenvalue weighted by atomic mass is 10.0. The average molecular weight is 842 g/mol. The predicted molar refractivity (Wildman–Crippen MR) is 259 cm³/mol. The molecule has 350 valence electrons. The van der Waals surface area contributed by atoms with Crippen molar-refractivity contribution in [2.45, 2.75) is 277 Å². The van der Waals surface area contributed by atoms with E-state index >= 15 is 0 Å². The second-order valence-corrected chi connectivity index (χ2v) is 17.5. The van der Waals surface area contributed by atoms with Crippen molar-refractivity contribution in [3.63, 3.8) is 0 Å². The Morgan fingerprint density at radius 3 is 1.33 bits per heavy atom. The number of allylic oxidation sites excluding steroid dienone is 8. The summed E-state index contributed by atoms with van der Waals surface area (Å²) in [6.45, 7) is 6.36. The molecule has 0 rings (SSSR count). The Labute approximate surface area is 372 Å². The molecular formula is C54H99NO5. The van der Waals surface area contributed by atoms with Gasteiger partial charge in [0.05, 0.1) is 25.2 Å². The Balaban J connectivity index is 4.64. The van der Waals surface area contributed by atoms with Crippen molar-refractivity contribution < 1.29 is 24.5 Å². The lowest BCUT2D eigenvalue weighted by molar-refractivity contribution is -0.151. The van der Waals surface area contributed by atoms with Crippen LogP contribution in [0.15, 0.2) is 48.6 Å². The van der Waals surface area contributed by atoms with E-state index in [9.17, 15) is 19.8 Å². The molecule has 0 aliphatic carbocycles. The third-order valence-electron chi connectivity index (χ3n) is 11.7. The second-order valence-electron chi connectivity index (χ2n) is 17.5. The molecule has 0 saturated heterocycles. The Kier molecular flexibility index (Phi) is 46.1. The van der Waals surface area contributed by atoms with Crippen molar-refractivity contribution in [2.24, 2.45) is 0 Å². The molecule has 60 heavy (non-hydrogen) atoms. The molecule has 0 aliphatic rings. The van der Waals surface area contributed by atoms with E-state index < -0.39 is 18.2 Å². The fourth-order valence-corrected chi connectivity index (χ4v) is 7.78. The number of unbranched alkanes of at least 4 members (excludes halogenated alkanes) is 26. The summed E-state index contributed by atoms with van der Waals surface area (Å²) in [7, 11) is 0. The van der Waals surface area contributed by atoms with Gasteiger partial charge in [-0.15, -0.1) is 0 Å². The Morgan fingerprint density at radius 2 is 0.900 bits per heavy atom. The molecule has 0 aromatic carbocycles. The summed E-state index contributed by atoms with van der Waals surface area (Å²) in [5.74, 6) is -0.520. The van der Waals surface area contributed by atoms with Crippen molar-refractivity contribution in [2.75, 3.05) is 6.61 Å². The molecule has 0 heterocycles. The molecule has 0 aromatic rings. The summed E-state index contributed by atoms with van der Waals surface area (Å²) in [5, 5.41) is 23.7. The molecule has 0 aliphatic heterocycles. The molecule has 0 fully saturated rings. The number of amides is 1. The minimum atomic E-state index is -0.800. The van der Waals surface area contributed by atoms with E-state index in [4.69, 9.17) is 4.74 Å². The van der Waals surface area contributed by atoms with E-state index in [1.807, 2.05) is 0 Å². The first-order chi connectivity index (χ1) is 29.5. The number of aliphatic hydroxyl groups excluding tert-OH is 2. The molecule has 0 spiro atoms. The zero-order valence-corrected chi connectivity index (χ0v) is 39.8. The van der Waals surface area contributed by atoms with Crippen LogP contribution in [0, 0.1) is 0 Å². The number of aliphatic hydroxyl groups is 2. The van der Waals surface area contributed by atoms with Crippen LogP contribution in [0.1, 0.15) is 258 Å². The average Bonchev–Trinajstić information content (AvgIpc) is 3.24. The van der Waals surface area contributed by atoms with Gasteiger partial charge in [0.1, 0.15) is 6.10 Å². The van der Waals surface area contributed by atoms with Gasteiger partial charge in [0.2, 0.25) is 5.91 Å². The largest absolute Gasteiger partial charge is 0.462 e. The van der Waals surface area contributed by atoms with E-state index in [-0.39, 0.29) is 24.9 Å². The Morgan fingerprint density at radius 1 is 0.500 bits per heavy atom. The van der Waals surface area contributed by atoms with Gasteiger partial charge >= 0.3 is 5.97 Å². The van der Waals surface area contributed by atoms with Gasteiger partial charge in [-0.05, 0) is 57.8 Å². The van der Waals surface area contributed by atoms with E-state index in [2.05, 4.69) is 74.7 Å². The van der Waals surface area contributed by atoms with Gasteiger partial charge in [-0.1, -0.05) is 236 Å². The highest BCUT2D eigenvalue weighted by Crippen LogP contribution is 2.17. The lowest BCUT2D eigenvalue weighted by Gasteiger charge is -2.24. The van der Waals surface area contributed by atoms with Crippen LogP contribution < -0.4 is 5.32 Å². The molecule has 3 unspecified atom stereocenters. The van der Waals surface area contributed by atoms with Gasteiger partial charge in [0.15, 0.2) is 0 Å². The van der Waals surface area contributed by atoms with Crippen LogP contribution in [-0.4, -0.2) is 46.9 Å². The summed E-state index contributed by atoms with van der Waals surface area (Å²) >= 11 is 0. The molecule has 0 saturated carbocycles. The molecule has 3 N–H and O–H groups in total. The zero-order chi connectivity index (χ0) is 43.8. The van der Waals surface area contributed by atoms with Crippen molar-refractivity contribution in [1.29, 1.82) is 0 Å². The first kappa shape index (κ1) is 57.8. The predicted octanol–water partition coefficient (Wildman–Crippen LogP) is 15.5. The SMILES string of the molecule is CC/C=C/C/C=C/C/C=C/C/C=C/CCCC(CC(=O)NC(CO)C(O)CCCCCCCCCCCCCC)OC(=O)CCCCCCCCCCCCCCCCC. The van der Waals surface area contributed by atoms with E-state index in [1.165, 1.54) is 135 Å². The molecule has 1 amide bonds. The van der Waals surface area contributed by atoms with E-state index in [0.717, 1.165) is 77.0 Å². The Bertz CT molecular complexity index is 1040. The summed E-state index contributed by atoms with van der Waals surface area (Å²) in [4.78, 5) is 26.1. The highest BCUT2D eigenvalue weighted by Gasteiger charge is 2.24. The van der Waals surface area contributed by atoms with Crippen LogP contribution in [0.2, 0.25) is 0 Å². The first-order valence-corrected chi connectivity index (χ1v) is 25.9. The number of esters is 1. The zero-order valence-electron chi connectivity index (χ0n) is 39.8. The normalized spacial score (nSPS) is 13.6. The maximum absolute atomic E-state index is 13.2.